The molecule has 7 heteroatoms. The number of rotatable bonds is 6. The van der Waals surface area contributed by atoms with E-state index in [9.17, 15) is 11.8 Å². The van der Waals surface area contributed by atoms with Gasteiger partial charge < -0.3 is 18.6 Å². The van der Waals surface area contributed by atoms with Crippen molar-refractivity contribution in [1.29, 1.82) is 5.26 Å². The van der Waals surface area contributed by atoms with Gasteiger partial charge in [-0.15, -0.1) is 0 Å². The van der Waals surface area contributed by atoms with Gasteiger partial charge in [-0.25, -0.2) is 4.85 Å². The Hall–Kier alpha value is -10.3. The maximum absolute atomic E-state index is 12.1. The summed E-state index contributed by atoms with van der Waals surface area (Å²) in [6.07, 6.45) is 0. The minimum Gasteiger partial charge on any atom is -0.320 e. The maximum atomic E-state index is 12.1. The molecule has 14 aromatic rings. The molecule has 0 bridgehead atoms. The second kappa shape index (κ2) is 15.6. The van der Waals surface area contributed by atoms with Gasteiger partial charge in [0.15, 0.2) is 0 Å². The van der Waals surface area contributed by atoms with Crippen LogP contribution in [-0.2, 0) is 0 Å². The third-order valence-electron chi connectivity index (χ3n) is 16.0. The quantitative estimate of drug-likeness (QED) is 0.123. The highest BCUT2D eigenvalue weighted by Gasteiger charge is 2.45. The van der Waals surface area contributed by atoms with Gasteiger partial charge in [-0.1, -0.05) is 170 Å². The van der Waals surface area contributed by atoms with Gasteiger partial charge in [0, 0.05) is 60.4 Å². The van der Waals surface area contributed by atoms with E-state index >= 15 is 0 Å². The van der Waals surface area contributed by atoms with Crippen LogP contribution in [0.4, 0.5) is 22.7 Å². The third kappa shape index (κ3) is 5.61. The highest BCUT2D eigenvalue weighted by atomic mass is 15.2. The van der Waals surface area contributed by atoms with Crippen molar-refractivity contribution in [3.8, 4) is 45.4 Å². The molecule has 0 saturated carbocycles. The van der Waals surface area contributed by atoms with Crippen LogP contribution in [0.25, 0.3) is 110 Å². The molecular formula is C68H39BN6. The number of nitrogens with zero attached hydrogens (tertiary/aromatic N) is 6. The molecule has 16 rings (SSSR count). The lowest BCUT2D eigenvalue weighted by Gasteiger charge is -2.38. The molecule has 0 aliphatic carbocycles. The Balaban J connectivity index is 1.03. The summed E-state index contributed by atoms with van der Waals surface area (Å²) in [5.41, 5.74) is 20.0. The maximum Gasteiger partial charge on any atom is 0.250 e. The normalized spacial score (nSPS) is 12.2. The minimum atomic E-state index is -0.242. The van der Waals surface area contributed by atoms with Crippen molar-refractivity contribution < 1.29 is 0 Å². The molecule has 0 unspecified atom stereocenters. The molecule has 0 radical (unpaired) electrons. The van der Waals surface area contributed by atoms with Crippen molar-refractivity contribution in [2.75, 3.05) is 4.90 Å². The first-order chi connectivity index (χ1) is 37.2. The van der Waals surface area contributed by atoms with E-state index in [1.807, 2.05) is 18.2 Å². The number of hydrogen-bond acceptors (Lipinski definition) is 2. The second-order valence-corrected chi connectivity index (χ2v) is 19.8. The molecule has 344 valence electrons. The van der Waals surface area contributed by atoms with Crippen LogP contribution >= 0.6 is 0 Å². The predicted molar refractivity (Wildman–Crippen MR) is 311 cm³/mol. The molecule has 11 aromatic carbocycles. The summed E-state index contributed by atoms with van der Waals surface area (Å²) in [5.74, 6) is 0. The van der Waals surface area contributed by atoms with Gasteiger partial charge in [-0.05, 0) is 105 Å². The number of nitriles is 1. The van der Waals surface area contributed by atoms with Gasteiger partial charge in [0.1, 0.15) is 6.07 Å². The minimum absolute atomic E-state index is 0.242. The van der Waals surface area contributed by atoms with E-state index in [2.05, 4.69) is 248 Å². The Morgan fingerprint density at radius 1 is 0.413 bits per heavy atom. The summed E-state index contributed by atoms with van der Waals surface area (Å²) in [4.78, 5) is 6.83. The first kappa shape index (κ1) is 41.3. The van der Waals surface area contributed by atoms with Crippen LogP contribution in [-0.4, -0.2) is 20.4 Å². The fraction of sp³-hybridized carbons (Fsp3) is 0. The molecule has 0 atom stereocenters. The summed E-state index contributed by atoms with van der Waals surface area (Å²) in [6.45, 7) is 9.24. The van der Waals surface area contributed by atoms with Crippen LogP contribution < -0.4 is 21.3 Å². The molecule has 0 saturated heterocycles. The van der Waals surface area contributed by atoms with Gasteiger partial charge in [-0.2, -0.15) is 5.26 Å². The molecule has 0 fully saturated rings. The van der Waals surface area contributed by atoms with Crippen LogP contribution in [0.2, 0.25) is 0 Å². The molecular weight excluding hydrogens is 912 g/mol. The number of anilines is 3. The Morgan fingerprint density at radius 2 is 0.893 bits per heavy atom. The van der Waals surface area contributed by atoms with E-state index in [4.69, 9.17) is 0 Å². The fourth-order valence-electron chi connectivity index (χ4n) is 13.1. The lowest BCUT2D eigenvalue weighted by atomic mass is 9.34. The van der Waals surface area contributed by atoms with E-state index in [1.165, 1.54) is 10.9 Å². The number of para-hydroxylation sites is 6. The summed E-state index contributed by atoms with van der Waals surface area (Å²) in [6, 6.07) is 86.9. The fourth-order valence-corrected chi connectivity index (χ4v) is 13.1. The molecule has 0 spiro atoms. The van der Waals surface area contributed by atoms with Gasteiger partial charge in [-0.3, -0.25) is 0 Å². The lowest BCUT2D eigenvalue weighted by Crippen LogP contribution is -2.59. The average Bonchev–Trinajstić information content (AvgIpc) is 4.22. The van der Waals surface area contributed by atoms with Gasteiger partial charge >= 0.3 is 0 Å². The summed E-state index contributed by atoms with van der Waals surface area (Å²) in [7, 11) is 0. The first-order valence-electron chi connectivity index (χ1n) is 25.4. The monoisotopic (exact) mass is 950 g/mol. The molecule has 5 heterocycles. The number of fused-ring (bicyclic) bond motifs is 13. The van der Waals surface area contributed by atoms with Crippen LogP contribution in [0.1, 0.15) is 5.56 Å². The molecule has 3 aromatic heterocycles. The molecule has 2 aliphatic rings. The molecule has 75 heavy (non-hydrogen) atoms. The summed E-state index contributed by atoms with van der Waals surface area (Å²) < 4.78 is 7.07. The number of aromatic nitrogens is 3. The predicted octanol–water partition coefficient (Wildman–Crippen LogP) is 15.3. The smallest absolute Gasteiger partial charge is 0.250 e. The molecule has 0 amide bonds. The standard InChI is InChI=1S/C68H39BN6/c1-71-63-67(55(41-70)66-62-68(63)75-60-34-16-12-26-50(60)53-29-18-31-57(65(53)75)69(62)56-30-17-28-52-49-25-11-15-33-59(49)74(66)64(52)56)72(46-23-9-4-10-24-46)47-35-36-61-54(40-47)51-27-13-14-32-58(51)73(61)48-38-44(42-19-5-2-6-20-42)37-45(39-48)43-21-7-3-8-22-43/h2-40H. The van der Waals surface area contributed by atoms with Gasteiger partial charge in [0.25, 0.3) is 6.71 Å². The summed E-state index contributed by atoms with van der Waals surface area (Å²) in [5, 5.41) is 18.8. The molecule has 6 nitrogen and oxygen atoms in total. The van der Waals surface area contributed by atoms with Crippen molar-refractivity contribution in [3.05, 3.63) is 254 Å². The zero-order valence-corrected chi connectivity index (χ0v) is 40.3. The summed E-state index contributed by atoms with van der Waals surface area (Å²) >= 11 is 0. The van der Waals surface area contributed by atoms with Crippen molar-refractivity contribution >= 4 is 111 Å². The van der Waals surface area contributed by atoms with Crippen LogP contribution in [0.15, 0.2) is 237 Å². The van der Waals surface area contributed by atoms with Gasteiger partial charge in [0.2, 0.25) is 5.69 Å². The van der Waals surface area contributed by atoms with E-state index in [-0.39, 0.29) is 6.71 Å². The second-order valence-electron chi connectivity index (χ2n) is 19.8. The average molecular weight is 951 g/mol. The Bertz CT molecular complexity index is 4640. The first-order valence-corrected chi connectivity index (χ1v) is 25.4. The lowest BCUT2D eigenvalue weighted by molar-refractivity contribution is 1.13. The van der Waals surface area contributed by atoms with E-state index in [0.29, 0.717) is 16.9 Å². The van der Waals surface area contributed by atoms with Crippen LogP contribution in [0.5, 0.6) is 0 Å². The zero-order valence-electron chi connectivity index (χ0n) is 40.3. The van der Waals surface area contributed by atoms with E-state index in [0.717, 1.165) is 122 Å². The Kier molecular flexibility index (Phi) is 8.58. The van der Waals surface area contributed by atoms with Crippen molar-refractivity contribution in [3.63, 3.8) is 0 Å². The number of benzene rings is 11. The van der Waals surface area contributed by atoms with Crippen LogP contribution in [0, 0.1) is 17.9 Å². The van der Waals surface area contributed by atoms with Crippen molar-refractivity contribution in [2.45, 2.75) is 0 Å². The highest BCUT2D eigenvalue weighted by molar-refractivity contribution is 7.00. The zero-order chi connectivity index (χ0) is 49.5. The Morgan fingerprint density at radius 3 is 1.45 bits per heavy atom. The molecule has 0 N–H and O–H groups in total. The number of hydrogen-bond donors (Lipinski definition) is 0. The SMILES string of the molecule is [C-]#[N+]c1c(N(c2ccccc2)c2ccc3c(c2)c2ccccc2n3-c2cc(-c3ccccc3)cc(-c3ccccc3)c2)c(C#N)c2c3c1-n1c4ccccc4c4cccc(c41)B3c1cccc3c4ccccc4n-2c13. The molecule has 2 aliphatic heterocycles. The van der Waals surface area contributed by atoms with Crippen molar-refractivity contribution in [2.24, 2.45) is 0 Å². The highest BCUT2D eigenvalue weighted by Crippen LogP contribution is 2.52. The third-order valence-corrected chi connectivity index (χ3v) is 16.0. The Labute approximate surface area is 431 Å². The van der Waals surface area contributed by atoms with E-state index < -0.39 is 0 Å². The van der Waals surface area contributed by atoms with E-state index in [1.54, 1.807) is 0 Å². The van der Waals surface area contributed by atoms with Gasteiger partial charge in [0.05, 0.1) is 51.3 Å². The topological polar surface area (TPSA) is 46.2 Å². The van der Waals surface area contributed by atoms with Crippen LogP contribution in [0.3, 0.4) is 0 Å². The largest absolute Gasteiger partial charge is 0.320 e. The van der Waals surface area contributed by atoms with Crippen molar-refractivity contribution in [1.82, 2.24) is 13.7 Å².